The lowest BCUT2D eigenvalue weighted by molar-refractivity contribution is 0.324. The zero-order chi connectivity index (χ0) is 13.5. The number of halogens is 1. The van der Waals surface area contributed by atoms with Crippen LogP contribution in [-0.2, 0) is 0 Å². The van der Waals surface area contributed by atoms with Gasteiger partial charge < -0.3 is 14.2 Å². The summed E-state index contributed by atoms with van der Waals surface area (Å²) in [7, 11) is 4.86. The van der Waals surface area contributed by atoms with Gasteiger partial charge in [0.15, 0.2) is 11.5 Å². The summed E-state index contributed by atoms with van der Waals surface area (Å²) in [5.41, 5.74) is 2.28. The van der Waals surface area contributed by atoms with Gasteiger partial charge in [-0.25, -0.2) is 0 Å². The Labute approximate surface area is 117 Å². The van der Waals surface area contributed by atoms with Gasteiger partial charge in [0, 0.05) is 10.9 Å². The Morgan fingerprint density at radius 2 is 1.78 bits per heavy atom. The van der Waals surface area contributed by atoms with Crippen LogP contribution < -0.4 is 14.2 Å². The van der Waals surface area contributed by atoms with Crippen LogP contribution in [0.3, 0.4) is 0 Å². The van der Waals surface area contributed by atoms with Gasteiger partial charge in [-0.3, -0.25) is 0 Å². The molecule has 0 heterocycles. The predicted octanol–water partition coefficient (Wildman–Crippen LogP) is 3.90. The van der Waals surface area contributed by atoms with E-state index < -0.39 is 0 Å². The second-order valence-corrected chi connectivity index (χ2v) is 4.27. The van der Waals surface area contributed by atoms with Crippen molar-refractivity contribution in [3.05, 3.63) is 23.3 Å². The average molecular weight is 315 g/mol. The van der Waals surface area contributed by atoms with Gasteiger partial charge in [-0.2, -0.15) is 0 Å². The zero-order valence-corrected chi connectivity index (χ0v) is 12.8. The molecule has 0 aromatic heterocycles. The third-order valence-electron chi connectivity index (χ3n) is 2.72. The van der Waals surface area contributed by atoms with Crippen LogP contribution >= 0.6 is 15.9 Å². The van der Waals surface area contributed by atoms with Gasteiger partial charge in [0.05, 0.1) is 21.3 Å². The molecule has 100 valence electrons. The third-order valence-corrected chi connectivity index (χ3v) is 3.44. The lowest BCUT2D eigenvalue weighted by atomic mass is 10.1. The first-order chi connectivity index (χ1) is 8.71. The van der Waals surface area contributed by atoms with Crippen LogP contribution in [0.4, 0.5) is 0 Å². The molecule has 0 aliphatic rings. The minimum absolute atomic E-state index is 0.624. The Kier molecular flexibility index (Phi) is 6.05. The first-order valence-electron chi connectivity index (χ1n) is 5.76. The fourth-order valence-electron chi connectivity index (χ4n) is 1.69. The lowest BCUT2D eigenvalue weighted by Gasteiger charge is -2.14. The highest BCUT2D eigenvalue weighted by molar-refractivity contribution is 9.09. The normalized spacial score (nSPS) is 11.3. The molecule has 0 saturated carbocycles. The molecule has 0 aliphatic carbocycles. The molecular formula is C14H19BrO3. The van der Waals surface area contributed by atoms with E-state index in [4.69, 9.17) is 14.2 Å². The Bertz CT molecular complexity index is 421. The van der Waals surface area contributed by atoms with Crippen molar-refractivity contribution in [3.8, 4) is 17.2 Å². The highest BCUT2D eigenvalue weighted by atomic mass is 79.9. The van der Waals surface area contributed by atoms with Crippen LogP contribution in [0.25, 0.3) is 6.08 Å². The Morgan fingerprint density at radius 1 is 1.11 bits per heavy atom. The van der Waals surface area contributed by atoms with Crippen molar-refractivity contribution < 1.29 is 14.2 Å². The van der Waals surface area contributed by atoms with Crippen molar-refractivity contribution in [2.75, 3.05) is 26.7 Å². The quantitative estimate of drug-likeness (QED) is 0.745. The van der Waals surface area contributed by atoms with Crippen molar-refractivity contribution in [1.82, 2.24) is 0 Å². The first-order valence-corrected chi connectivity index (χ1v) is 6.88. The minimum atomic E-state index is 0.624. The molecule has 18 heavy (non-hydrogen) atoms. The number of allylic oxidation sites excluding steroid dienone is 1. The molecule has 1 rings (SSSR count). The van der Waals surface area contributed by atoms with Crippen molar-refractivity contribution in [2.24, 2.45) is 0 Å². The summed E-state index contributed by atoms with van der Waals surface area (Å²) in [6.07, 6.45) is 3.10. The molecule has 0 radical (unpaired) electrons. The van der Waals surface area contributed by atoms with E-state index in [-0.39, 0.29) is 0 Å². The summed E-state index contributed by atoms with van der Waals surface area (Å²) >= 11 is 3.48. The third kappa shape index (κ3) is 3.19. The Balaban J connectivity index is 3.33. The highest BCUT2D eigenvalue weighted by Crippen LogP contribution is 2.40. The summed E-state index contributed by atoms with van der Waals surface area (Å²) < 4.78 is 16.0. The lowest BCUT2D eigenvalue weighted by Crippen LogP contribution is -1.97. The summed E-state index contributed by atoms with van der Waals surface area (Å²) in [5, 5.41) is 0.848. The largest absolute Gasteiger partial charge is 0.493 e. The summed E-state index contributed by atoms with van der Waals surface area (Å²) in [4.78, 5) is 0. The maximum Gasteiger partial charge on any atom is 0.203 e. The fraction of sp³-hybridized carbons (Fsp3) is 0.429. The smallest absolute Gasteiger partial charge is 0.203 e. The van der Waals surface area contributed by atoms with E-state index >= 15 is 0 Å². The summed E-state index contributed by atoms with van der Waals surface area (Å²) in [6.45, 7) is 2.13. The van der Waals surface area contributed by atoms with Crippen LogP contribution in [0.1, 0.15) is 18.9 Å². The fourth-order valence-corrected chi connectivity index (χ4v) is 2.25. The summed E-state index contributed by atoms with van der Waals surface area (Å²) in [6, 6.07) is 3.85. The molecular weight excluding hydrogens is 296 g/mol. The van der Waals surface area contributed by atoms with Crippen molar-refractivity contribution in [3.63, 3.8) is 0 Å². The predicted molar refractivity (Wildman–Crippen MR) is 78.2 cm³/mol. The van der Waals surface area contributed by atoms with E-state index in [1.165, 1.54) is 5.57 Å². The standard InChI is InChI=1S/C14H19BrO3/c1-5-10(9-15)8-11-6-7-12(16-2)14(18-4)13(11)17-3/h6-8H,5,9H2,1-4H3. The highest BCUT2D eigenvalue weighted by Gasteiger charge is 2.14. The van der Waals surface area contributed by atoms with Gasteiger partial charge in [0.25, 0.3) is 0 Å². The van der Waals surface area contributed by atoms with Crippen molar-refractivity contribution in [1.29, 1.82) is 0 Å². The molecule has 0 aliphatic heterocycles. The number of methoxy groups -OCH3 is 3. The molecule has 1 aromatic carbocycles. The molecule has 0 fully saturated rings. The molecule has 1 aromatic rings. The monoisotopic (exact) mass is 314 g/mol. The van der Waals surface area contributed by atoms with Crippen LogP contribution in [0.15, 0.2) is 17.7 Å². The van der Waals surface area contributed by atoms with Crippen LogP contribution in [0, 0.1) is 0 Å². The zero-order valence-electron chi connectivity index (χ0n) is 11.2. The van der Waals surface area contributed by atoms with E-state index in [0.717, 1.165) is 17.3 Å². The number of hydrogen-bond donors (Lipinski definition) is 0. The topological polar surface area (TPSA) is 27.7 Å². The second kappa shape index (κ2) is 7.31. The first kappa shape index (κ1) is 14.9. The van der Waals surface area contributed by atoms with Gasteiger partial charge >= 0.3 is 0 Å². The molecule has 0 N–H and O–H groups in total. The molecule has 4 heteroatoms. The number of ether oxygens (including phenoxy) is 3. The average Bonchev–Trinajstić information content (AvgIpc) is 2.43. The van der Waals surface area contributed by atoms with Gasteiger partial charge in [0.2, 0.25) is 5.75 Å². The molecule has 3 nitrogen and oxygen atoms in total. The van der Waals surface area contributed by atoms with E-state index in [0.29, 0.717) is 17.2 Å². The van der Waals surface area contributed by atoms with Gasteiger partial charge in [-0.15, -0.1) is 0 Å². The number of alkyl halides is 1. The molecule has 0 atom stereocenters. The summed E-state index contributed by atoms with van der Waals surface area (Å²) in [5.74, 6) is 1.99. The SMILES string of the molecule is CCC(=Cc1ccc(OC)c(OC)c1OC)CBr. The van der Waals surface area contributed by atoms with E-state index in [9.17, 15) is 0 Å². The van der Waals surface area contributed by atoms with E-state index in [2.05, 4.69) is 28.9 Å². The Hall–Kier alpha value is -1.16. The van der Waals surface area contributed by atoms with Gasteiger partial charge in [-0.05, 0) is 18.6 Å². The minimum Gasteiger partial charge on any atom is -0.493 e. The maximum atomic E-state index is 5.43. The molecule has 0 amide bonds. The molecule has 0 saturated heterocycles. The number of rotatable bonds is 6. The van der Waals surface area contributed by atoms with Crippen LogP contribution in [-0.4, -0.2) is 26.7 Å². The molecule has 0 unspecified atom stereocenters. The van der Waals surface area contributed by atoms with Gasteiger partial charge in [0.1, 0.15) is 0 Å². The van der Waals surface area contributed by atoms with Crippen molar-refractivity contribution >= 4 is 22.0 Å². The van der Waals surface area contributed by atoms with E-state index in [1.807, 2.05) is 12.1 Å². The van der Waals surface area contributed by atoms with E-state index in [1.54, 1.807) is 21.3 Å². The Morgan fingerprint density at radius 3 is 2.22 bits per heavy atom. The molecule has 0 bridgehead atoms. The maximum absolute atomic E-state index is 5.43. The number of hydrogen-bond acceptors (Lipinski definition) is 3. The second-order valence-electron chi connectivity index (χ2n) is 3.71. The van der Waals surface area contributed by atoms with Gasteiger partial charge in [-0.1, -0.05) is 34.5 Å². The van der Waals surface area contributed by atoms with Crippen LogP contribution in [0.5, 0.6) is 17.2 Å². The number of benzene rings is 1. The molecule has 0 spiro atoms. The van der Waals surface area contributed by atoms with Crippen LogP contribution in [0.2, 0.25) is 0 Å². The van der Waals surface area contributed by atoms with Crippen molar-refractivity contribution in [2.45, 2.75) is 13.3 Å².